The van der Waals surface area contributed by atoms with E-state index < -0.39 is 0 Å². The van der Waals surface area contributed by atoms with Crippen molar-refractivity contribution in [1.29, 1.82) is 0 Å². The van der Waals surface area contributed by atoms with Gasteiger partial charge >= 0.3 is 11.9 Å². The molecule has 216 valence electrons. The van der Waals surface area contributed by atoms with Crippen LogP contribution in [-0.2, 0) is 28.2 Å². The molecule has 0 saturated heterocycles. The third kappa shape index (κ3) is 7.62. The van der Waals surface area contributed by atoms with Crippen LogP contribution in [-0.4, -0.2) is 46.9 Å². The molecule has 4 rings (SSSR count). The van der Waals surface area contributed by atoms with Gasteiger partial charge in [0.15, 0.2) is 0 Å². The van der Waals surface area contributed by atoms with Crippen molar-refractivity contribution >= 4 is 34.6 Å². The molecule has 14 heteroatoms. The zero-order chi connectivity index (χ0) is 29.2. The number of unbranched alkanes of at least 4 members (excludes halogenated alkanes) is 2. The molecule has 0 bridgehead atoms. The Morgan fingerprint density at radius 2 is 1.12 bits per heavy atom. The second-order valence-electron chi connectivity index (χ2n) is 9.42. The lowest BCUT2D eigenvalue weighted by molar-refractivity contribution is -0.659. The normalized spacial score (nSPS) is 11.5. The van der Waals surface area contributed by atoms with Crippen LogP contribution in [0.2, 0.25) is 0 Å². The molecule has 0 aliphatic carbocycles. The van der Waals surface area contributed by atoms with Gasteiger partial charge in [-0.1, -0.05) is 10.2 Å². The minimum absolute atomic E-state index is 0.636. The first-order valence-corrected chi connectivity index (χ1v) is 13.3. The quantitative estimate of drug-likeness (QED) is 0.133. The van der Waals surface area contributed by atoms with Crippen LogP contribution in [0.1, 0.15) is 19.3 Å². The highest BCUT2D eigenvalue weighted by atomic mass is 16.5. The number of aromatic nitrogens is 6. The van der Waals surface area contributed by atoms with Crippen molar-refractivity contribution < 1.29 is 18.6 Å². The molecule has 2 aromatic heterocycles. The Morgan fingerprint density at radius 3 is 1.49 bits per heavy atom. The molecule has 0 saturated carbocycles. The second kappa shape index (κ2) is 14.0. The fraction of sp³-hybridized carbons (Fsp3) is 0.407. The maximum absolute atomic E-state index is 5.53. The van der Waals surface area contributed by atoms with Gasteiger partial charge in [-0.05, 0) is 53.7 Å². The van der Waals surface area contributed by atoms with E-state index in [9.17, 15) is 0 Å². The Balaban J connectivity index is 1.20. The minimum atomic E-state index is 0.636. The average Bonchev–Trinajstić information content (AvgIpc) is 3.48. The maximum Gasteiger partial charge on any atom is 0.403 e. The van der Waals surface area contributed by atoms with E-state index in [4.69, 9.17) is 9.47 Å². The summed E-state index contributed by atoms with van der Waals surface area (Å²) in [5.74, 6) is 2.58. The first-order valence-electron chi connectivity index (χ1n) is 13.3. The molecule has 0 fully saturated rings. The van der Waals surface area contributed by atoms with Crippen LogP contribution >= 0.6 is 0 Å². The molecule has 41 heavy (non-hydrogen) atoms. The monoisotopic (exact) mass is 562 g/mol. The van der Waals surface area contributed by atoms with E-state index >= 15 is 0 Å². The highest BCUT2D eigenvalue weighted by Crippen LogP contribution is 2.32. The summed E-state index contributed by atoms with van der Waals surface area (Å²) < 4.78 is 18.0. The number of benzene rings is 2. The number of azo groups is 2. The summed E-state index contributed by atoms with van der Waals surface area (Å²) in [5, 5.41) is 32.5. The van der Waals surface area contributed by atoms with Gasteiger partial charge < -0.3 is 20.1 Å². The number of ether oxygens (including phenoxy) is 2. The molecule has 2 aromatic carbocycles. The molecule has 2 N–H and O–H groups in total. The first-order chi connectivity index (χ1) is 19.9. The van der Waals surface area contributed by atoms with Gasteiger partial charge in [0.1, 0.15) is 22.9 Å². The van der Waals surface area contributed by atoms with Crippen LogP contribution in [0.25, 0.3) is 0 Å². The van der Waals surface area contributed by atoms with Crippen molar-refractivity contribution in [1.82, 2.24) is 19.6 Å². The second-order valence-corrected chi connectivity index (χ2v) is 9.42. The molecule has 2 heterocycles. The highest BCUT2D eigenvalue weighted by Gasteiger charge is 2.14. The molecule has 0 aliphatic rings. The molecule has 14 nitrogen and oxygen atoms in total. The van der Waals surface area contributed by atoms with Crippen molar-refractivity contribution in [3.8, 4) is 11.5 Å². The number of hydrogen-bond acceptors (Lipinski definition) is 10. The molecule has 0 atom stereocenters. The minimum Gasteiger partial charge on any atom is -0.494 e. The van der Waals surface area contributed by atoms with Gasteiger partial charge in [-0.15, -0.1) is 9.36 Å². The topological polar surface area (TPSA) is 135 Å². The summed E-state index contributed by atoms with van der Waals surface area (Å²) >= 11 is 0. The molecule has 0 aliphatic heterocycles. The summed E-state index contributed by atoms with van der Waals surface area (Å²) in [6, 6.07) is 11.6. The number of anilines is 2. The zero-order valence-corrected chi connectivity index (χ0v) is 24.4. The van der Waals surface area contributed by atoms with Crippen molar-refractivity contribution in [3.63, 3.8) is 0 Å². The van der Waals surface area contributed by atoms with Gasteiger partial charge in [0, 0.05) is 46.8 Å². The van der Waals surface area contributed by atoms with Crippen LogP contribution in [0.5, 0.6) is 11.5 Å². The largest absolute Gasteiger partial charge is 0.494 e. The molecular formula is C27H38N12O2+2. The van der Waals surface area contributed by atoms with Gasteiger partial charge in [-0.2, -0.15) is 0 Å². The standard InChI is InChI=1S/C27H36N12O2/c1-36-18-30-38(3)26(36)34-32-22-12-10-20(16-24(22)40-5)28-14-8-7-9-15-29-21-11-13-23(25(17-21)41-6)33-35-27-37(2)19-31-39(27)4/h10-13,16-19H,7-9,14-15H2,1-6H3/p+2. The van der Waals surface area contributed by atoms with Crippen LogP contribution in [0.4, 0.5) is 34.6 Å². The number of aryl methyl sites for hydroxylation is 4. The molecule has 0 amide bonds. The van der Waals surface area contributed by atoms with Crippen LogP contribution in [0, 0.1) is 0 Å². The van der Waals surface area contributed by atoms with Crippen molar-refractivity contribution in [2.75, 3.05) is 37.9 Å². The Labute approximate surface area is 239 Å². The van der Waals surface area contributed by atoms with Crippen molar-refractivity contribution in [2.45, 2.75) is 19.3 Å². The van der Waals surface area contributed by atoms with E-state index in [1.54, 1.807) is 45.4 Å². The fourth-order valence-corrected chi connectivity index (χ4v) is 4.07. The molecule has 0 unspecified atom stereocenters. The SMILES string of the molecule is COc1cc(NCCCCCNc2ccc(N=Nc3n(C)nc[n+]3C)c(OC)c2)ccc1N=Nc1n(C)nc[n+]1C. The number of rotatable bonds is 14. The Morgan fingerprint density at radius 1 is 0.683 bits per heavy atom. The van der Waals surface area contributed by atoms with E-state index in [0.29, 0.717) is 34.8 Å². The van der Waals surface area contributed by atoms with Crippen LogP contribution in [0.3, 0.4) is 0 Å². The summed E-state index contributed by atoms with van der Waals surface area (Å²) in [5.41, 5.74) is 3.26. The fourth-order valence-electron chi connectivity index (χ4n) is 4.07. The lowest BCUT2D eigenvalue weighted by atomic mass is 10.2. The molecule has 0 radical (unpaired) electrons. The van der Waals surface area contributed by atoms with E-state index in [1.807, 2.05) is 64.6 Å². The third-order valence-electron chi connectivity index (χ3n) is 6.37. The highest BCUT2D eigenvalue weighted by molar-refractivity contribution is 5.61. The molecular weight excluding hydrogens is 524 g/mol. The van der Waals surface area contributed by atoms with Crippen molar-refractivity contribution in [2.24, 2.45) is 48.6 Å². The summed E-state index contributed by atoms with van der Waals surface area (Å²) in [7, 11) is 10.6. The van der Waals surface area contributed by atoms with Gasteiger partial charge in [0.25, 0.3) is 0 Å². The zero-order valence-electron chi connectivity index (χ0n) is 24.4. The van der Waals surface area contributed by atoms with E-state index in [1.165, 1.54) is 0 Å². The van der Waals surface area contributed by atoms with Gasteiger partial charge in [-0.25, -0.2) is 9.13 Å². The summed E-state index contributed by atoms with van der Waals surface area (Å²) in [6.45, 7) is 1.72. The maximum atomic E-state index is 5.53. The third-order valence-corrected chi connectivity index (χ3v) is 6.37. The molecule has 0 spiro atoms. The number of hydrogen-bond donors (Lipinski definition) is 2. The average molecular weight is 563 g/mol. The van der Waals surface area contributed by atoms with Crippen molar-refractivity contribution in [3.05, 3.63) is 49.1 Å². The van der Waals surface area contributed by atoms with E-state index in [0.717, 1.165) is 43.7 Å². The summed E-state index contributed by atoms with van der Waals surface area (Å²) in [6.07, 6.45) is 6.52. The van der Waals surface area contributed by atoms with E-state index in [2.05, 4.69) is 41.3 Å². The Bertz CT molecular complexity index is 1360. The lowest BCUT2D eigenvalue weighted by Gasteiger charge is -2.10. The number of nitrogens with one attached hydrogen (secondary N) is 2. The Kier molecular flexibility index (Phi) is 9.91. The van der Waals surface area contributed by atoms with E-state index in [-0.39, 0.29) is 0 Å². The number of nitrogens with zero attached hydrogens (tertiary/aromatic N) is 10. The first kappa shape index (κ1) is 29.1. The van der Waals surface area contributed by atoms with Gasteiger partial charge in [-0.3, -0.25) is 0 Å². The number of methoxy groups -OCH3 is 2. The van der Waals surface area contributed by atoms with Gasteiger partial charge in [0.05, 0.1) is 42.4 Å². The Hall–Kier alpha value is -4.88. The lowest BCUT2D eigenvalue weighted by Crippen LogP contribution is -2.25. The predicted molar refractivity (Wildman–Crippen MR) is 154 cm³/mol. The predicted octanol–water partition coefficient (Wildman–Crippen LogP) is 4.34. The van der Waals surface area contributed by atoms with Crippen LogP contribution in [0.15, 0.2) is 69.5 Å². The smallest absolute Gasteiger partial charge is 0.403 e. The molecule has 4 aromatic rings. The van der Waals surface area contributed by atoms with Crippen LogP contribution < -0.4 is 29.2 Å². The summed E-state index contributed by atoms with van der Waals surface area (Å²) in [4.78, 5) is 0. The van der Waals surface area contributed by atoms with Gasteiger partial charge in [0.2, 0.25) is 12.7 Å².